The number of aromatic nitrogens is 3. The van der Waals surface area contributed by atoms with Crippen LogP contribution in [-0.2, 0) is 0 Å². The smallest absolute Gasteiger partial charge is 0.361 e. The Morgan fingerprint density at radius 1 is 1.04 bits per heavy atom. The first kappa shape index (κ1) is 14.0. The molecule has 2 aromatic carbocycles. The Morgan fingerprint density at radius 3 is 2.52 bits per heavy atom. The maximum absolute atomic E-state index is 5.98. The van der Waals surface area contributed by atoms with Gasteiger partial charge in [-0.1, -0.05) is 39.0 Å². The number of fused-ring (bicyclic) bond motifs is 3. The van der Waals surface area contributed by atoms with Crippen molar-refractivity contribution in [3.63, 3.8) is 0 Å². The van der Waals surface area contributed by atoms with E-state index in [0.29, 0.717) is 10.9 Å². The summed E-state index contributed by atoms with van der Waals surface area (Å²) >= 11 is 5.98. The molecule has 0 fully saturated rings. The number of aryl methyl sites for hydroxylation is 1. The van der Waals surface area contributed by atoms with Crippen LogP contribution in [0.5, 0.6) is 5.88 Å². The summed E-state index contributed by atoms with van der Waals surface area (Å²) in [5, 5.41) is 6.59. The highest BCUT2D eigenvalue weighted by Gasteiger charge is 2.25. The molecule has 0 saturated carbocycles. The number of hydrogen-bond donors (Lipinski definition) is 0. The summed E-state index contributed by atoms with van der Waals surface area (Å²) in [6.45, 7) is 2.10. The van der Waals surface area contributed by atoms with Crippen molar-refractivity contribution < 1.29 is 9.25 Å². The van der Waals surface area contributed by atoms with Gasteiger partial charge in [0.25, 0.3) is 0 Å². The number of para-hydroxylation sites is 1. The van der Waals surface area contributed by atoms with Crippen molar-refractivity contribution in [3.05, 3.63) is 65.2 Å². The van der Waals surface area contributed by atoms with Crippen LogP contribution in [0.25, 0.3) is 22.1 Å². The lowest BCUT2D eigenvalue weighted by Crippen LogP contribution is -2.26. The van der Waals surface area contributed by atoms with E-state index in [1.165, 1.54) is 10.9 Å². The molecular weight excluding hydrogens is 310 g/mol. The number of halogens is 1. The summed E-state index contributed by atoms with van der Waals surface area (Å²) in [6.07, 6.45) is 0. The van der Waals surface area contributed by atoms with Crippen molar-refractivity contribution in [1.82, 2.24) is 9.90 Å². The molecule has 0 atom stereocenters. The molecule has 5 heteroatoms. The van der Waals surface area contributed by atoms with Crippen LogP contribution in [0, 0.1) is 6.92 Å². The van der Waals surface area contributed by atoms with Gasteiger partial charge in [0.05, 0.1) is 7.11 Å². The van der Waals surface area contributed by atoms with Crippen LogP contribution in [-0.4, -0.2) is 17.0 Å². The molecule has 0 radical (unpaired) electrons. The second-order valence-corrected chi connectivity index (χ2v) is 5.86. The Morgan fingerprint density at radius 2 is 1.78 bits per heavy atom. The lowest BCUT2D eigenvalue weighted by atomic mass is 10.1. The maximum atomic E-state index is 5.98. The fourth-order valence-corrected chi connectivity index (χ4v) is 3.02. The van der Waals surface area contributed by atoms with Crippen LogP contribution in [0.15, 0.2) is 54.6 Å². The van der Waals surface area contributed by atoms with E-state index in [0.717, 1.165) is 16.7 Å². The van der Waals surface area contributed by atoms with Crippen LogP contribution in [0.4, 0.5) is 0 Å². The van der Waals surface area contributed by atoms with Gasteiger partial charge in [-0.25, -0.2) is 0 Å². The average Bonchev–Trinajstić information content (AvgIpc) is 2.94. The summed E-state index contributed by atoms with van der Waals surface area (Å²) in [7, 11) is 1.66. The SMILES string of the molecule is COc1c2cc(C)c3ccccc3[n+]2nn1-c1ccc(Cl)cc1. The summed E-state index contributed by atoms with van der Waals surface area (Å²) in [4.78, 5) is 0. The number of rotatable bonds is 2. The number of pyridine rings is 1. The minimum atomic E-state index is 0.693. The van der Waals surface area contributed by atoms with E-state index < -0.39 is 0 Å². The third-order valence-corrected chi connectivity index (χ3v) is 4.25. The predicted octanol–water partition coefficient (Wildman–Crippen LogP) is 3.73. The molecule has 4 nitrogen and oxygen atoms in total. The van der Waals surface area contributed by atoms with Crippen molar-refractivity contribution in [2.24, 2.45) is 0 Å². The van der Waals surface area contributed by atoms with Crippen molar-refractivity contribution in [3.8, 4) is 11.6 Å². The van der Waals surface area contributed by atoms with E-state index in [9.17, 15) is 0 Å². The predicted molar refractivity (Wildman–Crippen MR) is 90.5 cm³/mol. The lowest BCUT2D eigenvalue weighted by Gasteiger charge is -1.99. The topological polar surface area (TPSA) is 31.1 Å². The molecule has 0 N–H and O–H groups in total. The standard InChI is InChI=1S/C18H15ClN3O/c1-12-11-17-18(23-2)21(14-9-7-13(19)8-10-14)20-22(17)16-6-4-3-5-15(12)16/h3-11H,1-2H3/q+1. The quantitative estimate of drug-likeness (QED) is 0.526. The molecule has 0 saturated heterocycles. The number of methoxy groups -OCH3 is 1. The normalized spacial score (nSPS) is 11.3. The molecule has 0 amide bonds. The highest BCUT2D eigenvalue weighted by atomic mass is 35.5. The molecule has 0 aliphatic carbocycles. The van der Waals surface area contributed by atoms with Crippen LogP contribution < -0.4 is 9.25 Å². The molecular formula is C18H15ClN3O+. The van der Waals surface area contributed by atoms with Crippen molar-refractivity contribution in [1.29, 1.82) is 0 Å². The van der Waals surface area contributed by atoms with Crippen LogP contribution in [0.1, 0.15) is 5.56 Å². The van der Waals surface area contributed by atoms with Gasteiger partial charge in [0, 0.05) is 10.4 Å². The van der Waals surface area contributed by atoms with Gasteiger partial charge in [0.1, 0.15) is 5.21 Å². The molecule has 0 aliphatic rings. The van der Waals surface area contributed by atoms with Gasteiger partial charge in [-0.3, -0.25) is 0 Å². The second kappa shape index (κ2) is 5.25. The summed E-state index contributed by atoms with van der Waals surface area (Å²) in [6, 6.07) is 17.8. The average molecular weight is 325 g/mol. The van der Waals surface area contributed by atoms with Gasteiger partial charge in [-0.05, 0) is 48.9 Å². The highest BCUT2D eigenvalue weighted by Crippen LogP contribution is 2.25. The number of nitrogens with zero attached hydrogens (tertiary/aromatic N) is 3. The fraction of sp³-hybridized carbons (Fsp3) is 0.111. The van der Waals surface area contributed by atoms with Crippen LogP contribution in [0.2, 0.25) is 5.02 Å². The number of hydrogen-bond acceptors (Lipinski definition) is 2. The molecule has 114 valence electrons. The molecule has 23 heavy (non-hydrogen) atoms. The van der Waals surface area contributed by atoms with E-state index in [1.807, 2.05) is 40.9 Å². The number of ether oxygens (including phenoxy) is 1. The van der Waals surface area contributed by atoms with Crippen molar-refractivity contribution in [2.75, 3.05) is 7.11 Å². The Balaban J connectivity index is 2.10. The van der Waals surface area contributed by atoms with Gasteiger partial charge >= 0.3 is 5.88 Å². The zero-order valence-electron chi connectivity index (χ0n) is 12.8. The molecule has 0 unspecified atom stereocenters. The second-order valence-electron chi connectivity index (χ2n) is 5.43. The fourth-order valence-electron chi connectivity index (χ4n) is 2.90. The van der Waals surface area contributed by atoms with Crippen molar-refractivity contribution in [2.45, 2.75) is 6.92 Å². The van der Waals surface area contributed by atoms with Crippen molar-refractivity contribution >= 4 is 28.0 Å². The molecule has 2 heterocycles. The van der Waals surface area contributed by atoms with E-state index in [4.69, 9.17) is 21.6 Å². The maximum Gasteiger partial charge on any atom is 0.361 e. The van der Waals surface area contributed by atoms with Crippen LogP contribution in [0.3, 0.4) is 0 Å². The summed E-state index contributed by atoms with van der Waals surface area (Å²) < 4.78 is 9.34. The number of benzene rings is 2. The Hall–Kier alpha value is -2.59. The highest BCUT2D eigenvalue weighted by molar-refractivity contribution is 6.30. The third kappa shape index (κ3) is 2.14. The van der Waals surface area contributed by atoms with E-state index in [1.54, 1.807) is 11.8 Å². The van der Waals surface area contributed by atoms with E-state index in [-0.39, 0.29) is 0 Å². The summed E-state index contributed by atoms with van der Waals surface area (Å²) in [5.41, 5.74) is 4.07. The molecule has 0 spiro atoms. The molecule has 4 aromatic rings. The minimum absolute atomic E-state index is 0.693. The van der Waals surface area contributed by atoms with Gasteiger partial charge in [-0.15, -0.1) is 0 Å². The minimum Gasteiger partial charge on any atom is -0.461 e. The largest absolute Gasteiger partial charge is 0.461 e. The Labute approximate surface area is 138 Å². The zero-order chi connectivity index (χ0) is 16.0. The van der Waals surface area contributed by atoms with Gasteiger partial charge in [-0.2, -0.15) is 0 Å². The lowest BCUT2D eigenvalue weighted by molar-refractivity contribution is -0.555. The molecule has 0 aliphatic heterocycles. The summed E-state index contributed by atoms with van der Waals surface area (Å²) in [5.74, 6) is 0.696. The molecule has 0 bridgehead atoms. The van der Waals surface area contributed by atoms with E-state index in [2.05, 4.69) is 25.1 Å². The van der Waals surface area contributed by atoms with Gasteiger partial charge < -0.3 is 4.74 Å². The molecule has 2 aromatic heterocycles. The van der Waals surface area contributed by atoms with Crippen LogP contribution >= 0.6 is 11.6 Å². The zero-order valence-corrected chi connectivity index (χ0v) is 13.6. The van der Waals surface area contributed by atoms with Gasteiger partial charge in [0.15, 0.2) is 11.2 Å². The van der Waals surface area contributed by atoms with Gasteiger partial charge in [0.2, 0.25) is 5.52 Å². The first-order chi connectivity index (χ1) is 11.2. The first-order valence-electron chi connectivity index (χ1n) is 7.32. The molecule has 4 rings (SSSR count). The Bertz CT molecular complexity index is 1020. The Kier molecular flexibility index (Phi) is 3.20. The third-order valence-electron chi connectivity index (χ3n) is 3.99. The van der Waals surface area contributed by atoms with E-state index >= 15 is 0 Å². The monoisotopic (exact) mass is 324 g/mol. The first-order valence-corrected chi connectivity index (χ1v) is 7.70.